The number of nitrogens with one attached hydrogen (secondary N) is 2. The summed E-state index contributed by atoms with van der Waals surface area (Å²) in [7, 11) is 1.65. The van der Waals surface area contributed by atoms with Gasteiger partial charge < -0.3 is 15.4 Å². The molecule has 18 heavy (non-hydrogen) atoms. The molecule has 0 saturated carbocycles. The predicted octanol–water partition coefficient (Wildman–Crippen LogP) is 1.55. The minimum absolute atomic E-state index is 0.0619. The third-order valence-electron chi connectivity index (χ3n) is 3.46. The number of thiophene rings is 1. The molecule has 2 heterocycles. The monoisotopic (exact) mass is 268 g/mol. The van der Waals surface area contributed by atoms with Crippen LogP contribution in [-0.4, -0.2) is 32.7 Å². The summed E-state index contributed by atoms with van der Waals surface area (Å²) >= 11 is 1.67. The van der Waals surface area contributed by atoms with Crippen molar-refractivity contribution < 1.29 is 9.53 Å². The summed E-state index contributed by atoms with van der Waals surface area (Å²) in [5.41, 5.74) is -0.403. The average molecular weight is 268 g/mol. The first-order valence-corrected chi connectivity index (χ1v) is 7.10. The lowest BCUT2D eigenvalue weighted by atomic mass is 9.86. The van der Waals surface area contributed by atoms with Crippen LogP contribution in [-0.2, 0) is 9.53 Å². The van der Waals surface area contributed by atoms with Gasteiger partial charge in [0.05, 0.1) is 18.1 Å². The van der Waals surface area contributed by atoms with Crippen molar-refractivity contribution in [2.45, 2.75) is 19.4 Å². The fourth-order valence-corrected chi connectivity index (χ4v) is 3.10. The number of hydrogen-bond donors (Lipinski definition) is 2. The van der Waals surface area contributed by atoms with E-state index in [4.69, 9.17) is 4.74 Å². The molecular formula is C13H20N2O2S. The third kappa shape index (κ3) is 2.74. The maximum atomic E-state index is 12.4. The standard InChI is InChI=1S/C13H20N2O2S/c1-10(11-4-3-7-18-11)15-12(16)13(9-17-2)5-6-14-8-13/h3-4,7,10,14H,5-6,8-9H2,1-2H3,(H,15,16). The minimum Gasteiger partial charge on any atom is -0.384 e. The second-order valence-corrected chi connectivity index (χ2v) is 5.83. The largest absolute Gasteiger partial charge is 0.384 e. The zero-order chi connectivity index (χ0) is 13.0. The maximum Gasteiger partial charge on any atom is 0.230 e. The van der Waals surface area contributed by atoms with Gasteiger partial charge in [0.25, 0.3) is 0 Å². The van der Waals surface area contributed by atoms with Gasteiger partial charge in [-0.2, -0.15) is 0 Å². The third-order valence-corrected chi connectivity index (χ3v) is 4.52. The highest BCUT2D eigenvalue weighted by atomic mass is 32.1. The van der Waals surface area contributed by atoms with Crippen molar-refractivity contribution >= 4 is 17.2 Å². The van der Waals surface area contributed by atoms with Gasteiger partial charge in [0.2, 0.25) is 5.91 Å². The number of rotatable bonds is 5. The molecule has 1 fully saturated rings. The first-order chi connectivity index (χ1) is 8.68. The first-order valence-electron chi connectivity index (χ1n) is 6.22. The SMILES string of the molecule is COCC1(C(=O)NC(C)c2cccs2)CCNC1. The summed E-state index contributed by atoms with van der Waals surface area (Å²) in [6.07, 6.45) is 0.837. The van der Waals surface area contributed by atoms with Crippen LogP contribution in [0.1, 0.15) is 24.3 Å². The van der Waals surface area contributed by atoms with E-state index in [9.17, 15) is 4.79 Å². The molecule has 1 saturated heterocycles. The highest BCUT2D eigenvalue weighted by Gasteiger charge is 2.41. The molecule has 0 bridgehead atoms. The van der Waals surface area contributed by atoms with Crippen molar-refractivity contribution in [1.82, 2.24) is 10.6 Å². The van der Waals surface area contributed by atoms with Gasteiger partial charge in [0, 0.05) is 18.5 Å². The first kappa shape index (κ1) is 13.5. The van der Waals surface area contributed by atoms with E-state index in [-0.39, 0.29) is 11.9 Å². The Labute approximate surface area is 112 Å². The number of carbonyl (C=O) groups excluding carboxylic acids is 1. The van der Waals surface area contributed by atoms with Crippen LogP contribution >= 0.6 is 11.3 Å². The molecule has 100 valence electrons. The Kier molecular flexibility index (Phi) is 4.37. The van der Waals surface area contributed by atoms with Crippen LogP contribution in [0.25, 0.3) is 0 Å². The van der Waals surface area contributed by atoms with Gasteiger partial charge in [0.15, 0.2) is 0 Å². The zero-order valence-corrected chi connectivity index (χ0v) is 11.7. The van der Waals surface area contributed by atoms with E-state index < -0.39 is 5.41 Å². The lowest BCUT2D eigenvalue weighted by Crippen LogP contribution is -2.46. The Morgan fingerprint density at radius 1 is 1.72 bits per heavy atom. The molecule has 0 aromatic carbocycles. The Morgan fingerprint density at radius 3 is 3.11 bits per heavy atom. The summed E-state index contributed by atoms with van der Waals surface area (Å²) < 4.78 is 5.22. The summed E-state index contributed by atoms with van der Waals surface area (Å²) in [4.78, 5) is 13.6. The van der Waals surface area contributed by atoms with Gasteiger partial charge >= 0.3 is 0 Å². The van der Waals surface area contributed by atoms with Crippen LogP contribution in [0.15, 0.2) is 17.5 Å². The molecule has 2 unspecified atom stereocenters. The highest BCUT2D eigenvalue weighted by molar-refractivity contribution is 7.10. The van der Waals surface area contributed by atoms with E-state index in [1.807, 2.05) is 24.4 Å². The summed E-state index contributed by atoms with van der Waals surface area (Å²) in [5.74, 6) is 0.0928. The van der Waals surface area contributed by atoms with Crippen LogP contribution in [0.3, 0.4) is 0 Å². The molecule has 2 rings (SSSR count). The van der Waals surface area contributed by atoms with Crippen LogP contribution in [0, 0.1) is 5.41 Å². The molecule has 4 nitrogen and oxygen atoms in total. The second-order valence-electron chi connectivity index (χ2n) is 4.85. The van der Waals surface area contributed by atoms with Gasteiger partial charge in [-0.3, -0.25) is 4.79 Å². The van der Waals surface area contributed by atoms with E-state index in [1.165, 1.54) is 4.88 Å². The number of ether oxygens (including phenoxy) is 1. The molecule has 1 aliphatic heterocycles. The quantitative estimate of drug-likeness (QED) is 0.852. The Hall–Kier alpha value is -0.910. The Balaban J connectivity index is 2.01. The van der Waals surface area contributed by atoms with E-state index in [1.54, 1.807) is 18.4 Å². The van der Waals surface area contributed by atoms with E-state index >= 15 is 0 Å². The number of amides is 1. The molecule has 1 aromatic heterocycles. The van der Waals surface area contributed by atoms with Gasteiger partial charge in [0.1, 0.15) is 0 Å². The van der Waals surface area contributed by atoms with Crippen molar-refractivity contribution in [2.75, 3.05) is 26.8 Å². The number of carbonyl (C=O) groups is 1. The van der Waals surface area contributed by atoms with Crippen molar-refractivity contribution in [3.8, 4) is 0 Å². The van der Waals surface area contributed by atoms with Crippen LogP contribution in [0.4, 0.5) is 0 Å². The van der Waals surface area contributed by atoms with Crippen molar-refractivity contribution in [1.29, 1.82) is 0 Å². The van der Waals surface area contributed by atoms with Crippen molar-refractivity contribution in [3.05, 3.63) is 22.4 Å². The molecule has 0 radical (unpaired) electrons. The summed E-state index contributed by atoms with van der Waals surface area (Å²) in [6, 6.07) is 4.11. The predicted molar refractivity (Wildman–Crippen MR) is 72.7 cm³/mol. The fraction of sp³-hybridized carbons (Fsp3) is 0.615. The lowest BCUT2D eigenvalue weighted by molar-refractivity contribution is -0.133. The minimum atomic E-state index is -0.403. The lowest BCUT2D eigenvalue weighted by Gasteiger charge is -2.27. The molecular weight excluding hydrogens is 248 g/mol. The molecule has 2 N–H and O–H groups in total. The normalized spacial score (nSPS) is 25.0. The van der Waals surface area contributed by atoms with Crippen LogP contribution < -0.4 is 10.6 Å². The molecule has 1 aromatic rings. The smallest absolute Gasteiger partial charge is 0.230 e. The summed E-state index contributed by atoms with van der Waals surface area (Å²) in [6.45, 7) is 4.07. The van der Waals surface area contributed by atoms with Gasteiger partial charge in [-0.15, -0.1) is 11.3 Å². The second kappa shape index (κ2) is 5.82. The Bertz CT molecular complexity index is 386. The zero-order valence-electron chi connectivity index (χ0n) is 10.9. The fourth-order valence-electron chi connectivity index (χ4n) is 2.36. The van der Waals surface area contributed by atoms with Crippen LogP contribution in [0.2, 0.25) is 0 Å². The molecule has 1 aliphatic rings. The average Bonchev–Trinajstić information content (AvgIpc) is 3.00. The van der Waals surface area contributed by atoms with Gasteiger partial charge in [-0.25, -0.2) is 0 Å². The van der Waals surface area contributed by atoms with Gasteiger partial charge in [-0.1, -0.05) is 6.07 Å². The highest BCUT2D eigenvalue weighted by Crippen LogP contribution is 2.28. The molecule has 1 amide bonds. The molecule has 5 heteroatoms. The number of methoxy groups -OCH3 is 1. The molecule has 0 aliphatic carbocycles. The van der Waals surface area contributed by atoms with E-state index in [2.05, 4.69) is 10.6 Å². The Morgan fingerprint density at radius 2 is 2.56 bits per heavy atom. The van der Waals surface area contributed by atoms with Crippen LogP contribution in [0.5, 0.6) is 0 Å². The maximum absolute atomic E-state index is 12.4. The summed E-state index contributed by atoms with van der Waals surface area (Å²) in [5, 5.41) is 8.38. The topological polar surface area (TPSA) is 50.4 Å². The molecule has 0 spiro atoms. The van der Waals surface area contributed by atoms with Crippen molar-refractivity contribution in [3.63, 3.8) is 0 Å². The van der Waals surface area contributed by atoms with Gasteiger partial charge in [-0.05, 0) is 31.3 Å². The number of hydrogen-bond acceptors (Lipinski definition) is 4. The van der Waals surface area contributed by atoms with E-state index in [0.29, 0.717) is 13.2 Å². The van der Waals surface area contributed by atoms with Crippen molar-refractivity contribution in [2.24, 2.45) is 5.41 Å². The molecule has 2 atom stereocenters. The van der Waals surface area contributed by atoms with E-state index in [0.717, 1.165) is 13.0 Å².